The van der Waals surface area contributed by atoms with Crippen molar-refractivity contribution in [2.75, 3.05) is 7.11 Å². The monoisotopic (exact) mass is 654 g/mol. The van der Waals surface area contributed by atoms with Gasteiger partial charge in [0.1, 0.15) is 17.6 Å². The first-order chi connectivity index (χ1) is 19.5. The smallest absolute Gasteiger partial charge is 0.338 e. The van der Waals surface area contributed by atoms with Crippen LogP contribution in [0.4, 0.5) is 0 Å². The average Bonchev–Trinajstić information content (AvgIpc) is 3.45. The topological polar surface area (TPSA) is 109 Å². The minimum atomic E-state index is -0.809. The van der Waals surface area contributed by atoms with Crippen LogP contribution in [0.1, 0.15) is 49.5 Å². The van der Waals surface area contributed by atoms with Crippen LogP contribution in [0, 0.1) is 13.8 Å². The second-order valence-electron chi connectivity index (χ2n) is 9.61. The predicted octanol–water partition coefficient (Wildman–Crippen LogP) is 5.11. The van der Waals surface area contributed by atoms with Crippen molar-refractivity contribution < 1.29 is 18.7 Å². The standard InChI is InChI=1S/C29H27BrN4O5S2/c1-14(2)38-27(36)24-17(5)33-29-34(25(24)20-12-18(30)7-9-21(20)37-6)26(35)22(40-29)13-19-8-10-23(39-19)41-28-31-15(3)11-16(4)32-28/h7-14,25H,1-6H3/b22-13-/t25-/m1/s1. The Kier molecular flexibility index (Phi) is 8.35. The van der Waals surface area contributed by atoms with E-state index >= 15 is 0 Å². The third-order valence-corrected chi connectivity index (χ3v) is 8.36. The fraction of sp³-hybridized carbons (Fsp3) is 0.276. The van der Waals surface area contributed by atoms with Crippen LogP contribution in [-0.4, -0.2) is 33.7 Å². The van der Waals surface area contributed by atoms with Gasteiger partial charge in [0.15, 0.2) is 15.1 Å². The number of esters is 1. The van der Waals surface area contributed by atoms with E-state index < -0.39 is 12.0 Å². The molecule has 0 aliphatic carbocycles. The third kappa shape index (κ3) is 6.09. The number of aromatic nitrogens is 3. The van der Waals surface area contributed by atoms with Gasteiger partial charge < -0.3 is 13.9 Å². The number of methoxy groups -OCH3 is 1. The van der Waals surface area contributed by atoms with Crippen LogP contribution in [-0.2, 0) is 9.53 Å². The molecule has 9 nitrogen and oxygen atoms in total. The Morgan fingerprint density at radius 1 is 1.15 bits per heavy atom. The van der Waals surface area contributed by atoms with Gasteiger partial charge in [0, 0.05) is 27.5 Å². The summed E-state index contributed by atoms with van der Waals surface area (Å²) < 4.78 is 19.9. The van der Waals surface area contributed by atoms with Crippen molar-refractivity contribution in [1.82, 2.24) is 14.5 Å². The molecule has 0 saturated heterocycles. The lowest BCUT2D eigenvalue weighted by atomic mass is 9.95. The number of hydrogen-bond acceptors (Lipinski definition) is 10. The Bertz CT molecular complexity index is 1850. The number of hydrogen-bond donors (Lipinski definition) is 0. The predicted molar refractivity (Wildman–Crippen MR) is 160 cm³/mol. The lowest BCUT2D eigenvalue weighted by Crippen LogP contribution is -2.40. The van der Waals surface area contributed by atoms with Crippen molar-refractivity contribution in [3.63, 3.8) is 0 Å². The number of halogens is 1. The van der Waals surface area contributed by atoms with E-state index in [2.05, 4.69) is 30.9 Å². The minimum Gasteiger partial charge on any atom is -0.496 e. The number of carbonyl (C=O) groups excluding carboxylic acids is 1. The first-order valence-electron chi connectivity index (χ1n) is 12.7. The number of fused-ring (bicyclic) bond motifs is 1. The molecule has 4 aromatic rings. The van der Waals surface area contributed by atoms with Gasteiger partial charge in [0.25, 0.3) is 5.56 Å². The molecule has 41 heavy (non-hydrogen) atoms. The number of rotatable bonds is 7. The molecule has 0 amide bonds. The highest BCUT2D eigenvalue weighted by atomic mass is 79.9. The van der Waals surface area contributed by atoms with Crippen LogP contribution >= 0.6 is 39.0 Å². The molecular formula is C29H27BrN4O5S2. The molecule has 0 radical (unpaired) electrons. The average molecular weight is 656 g/mol. The van der Waals surface area contributed by atoms with Crippen molar-refractivity contribution >= 4 is 51.1 Å². The van der Waals surface area contributed by atoms with Gasteiger partial charge in [-0.1, -0.05) is 27.3 Å². The van der Waals surface area contributed by atoms with E-state index in [0.717, 1.165) is 15.9 Å². The highest BCUT2D eigenvalue weighted by Crippen LogP contribution is 2.37. The Morgan fingerprint density at radius 3 is 2.56 bits per heavy atom. The van der Waals surface area contributed by atoms with E-state index in [9.17, 15) is 9.59 Å². The summed E-state index contributed by atoms with van der Waals surface area (Å²) in [5.74, 6) is 0.483. The molecule has 0 saturated carbocycles. The number of thiazole rings is 1. The lowest BCUT2D eigenvalue weighted by molar-refractivity contribution is -0.143. The highest BCUT2D eigenvalue weighted by Gasteiger charge is 2.35. The first kappa shape index (κ1) is 29.0. The Labute approximate surface area is 252 Å². The van der Waals surface area contributed by atoms with Gasteiger partial charge in [-0.3, -0.25) is 9.36 Å². The molecule has 0 unspecified atom stereocenters. The Balaban J connectivity index is 1.61. The summed E-state index contributed by atoms with van der Waals surface area (Å²) in [6.07, 6.45) is 1.33. The summed E-state index contributed by atoms with van der Waals surface area (Å²) in [5, 5.41) is 1.18. The number of nitrogens with zero attached hydrogens (tertiary/aromatic N) is 4. The van der Waals surface area contributed by atoms with E-state index in [0.29, 0.717) is 42.4 Å². The van der Waals surface area contributed by atoms with Gasteiger partial charge >= 0.3 is 5.97 Å². The maximum absolute atomic E-state index is 13.9. The largest absolute Gasteiger partial charge is 0.496 e. The number of furan rings is 1. The van der Waals surface area contributed by atoms with Gasteiger partial charge in [-0.2, -0.15) is 0 Å². The molecule has 1 atom stereocenters. The molecule has 212 valence electrons. The summed E-state index contributed by atoms with van der Waals surface area (Å²) >= 11 is 6.05. The molecule has 4 heterocycles. The molecule has 0 fully saturated rings. The van der Waals surface area contributed by atoms with Gasteiger partial charge in [-0.05, 0) is 82.8 Å². The molecule has 0 N–H and O–H groups in total. The van der Waals surface area contributed by atoms with Crippen LogP contribution < -0.4 is 19.6 Å². The molecule has 3 aromatic heterocycles. The van der Waals surface area contributed by atoms with Crippen LogP contribution in [0.25, 0.3) is 6.08 Å². The third-order valence-electron chi connectivity index (χ3n) is 6.10. The maximum Gasteiger partial charge on any atom is 0.338 e. The molecule has 12 heteroatoms. The number of allylic oxidation sites excluding steroid dienone is 1. The highest BCUT2D eigenvalue weighted by molar-refractivity contribution is 9.10. The zero-order valence-electron chi connectivity index (χ0n) is 23.2. The minimum absolute atomic E-state index is 0.277. The zero-order valence-corrected chi connectivity index (χ0v) is 26.4. The Morgan fingerprint density at radius 2 is 1.88 bits per heavy atom. The van der Waals surface area contributed by atoms with Crippen LogP contribution in [0.15, 0.2) is 76.6 Å². The maximum atomic E-state index is 13.9. The summed E-state index contributed by atoms with van der Waals surface area (Å²) in [4.78, 5) is 41.3. The second-order valence-corrected chi connectivity index (χ2v) is 12.5. The molecule has 5 rings (SSSR count). The number of aryl methyl sites for hydroxylation is 2. The van der Waals surface area contributed by atoms with Gasteiger partial charge in [-0.25, -0.2) is 19.8 Å². The number of carbonyl (C=O) groups is 1. The Hall–Kier alpha value is -3.48. The summed E-state index contributed by atoms with van der Waals surface area (Å²) in [7, 11) is 1.55. The van der Waals surface area contributed by atoms with E-state index in [4.69, 9.17) is 13.9 Å². The van der Waals surface area contributed by atoms with Gasteiger partial charge in [0.2, 0.25) is 0 Å². The molecule has 0 spiro atoms. The van der Waals surface area contributed by atoms with E-state index in [1.165, 1.54) is 27.7 Å². The first-order valence-corrected chi connectivity index (χ1v) is 15.1. The summed E-state index contributed by atoms with van der Waals surface area (Å²) in [6.45, 7) is 9.13. The molecule has 1 aromatic carbocycles. The van der Waals surface area contributed by atoms with Crippen molar-refractivity contribution in [3.05, 3.63) is 94.5 Å². The second kappa shape index (κ2) is 11.8. The summed E-state index contributed by atoms with van der Waals surface area (Å²) in [5.41, 5.74) is 2.81. The zero-order chi connectivity index (χ0) is 29.4. The molecular weight excluding hydrogens is 628 g/mol. The lowest BCUT2D eigenvalue weighted by Gasteiger charge is -2.26. The van der Waals surface area contributed by atoms with Crippen LogP contribution in [0.2, 0.25) is 0 Å². The van der Waals surface area contributed by atoms with Crippen molar-refractivity contribution in [1.29, 1.82) is 0 Å². The quantitative estimate of drug-likeness (QED) is 0.200. The molecule has 0 bridgehead atoms. The van der Waals surface area contributed by atoms with Crippen LogP contribution in [0.3, 0.4) is 0 Å². The number of ether oxygens (including phenoxy) is 2. The van der Waals surface area contributed by atoms with Crippen molar-refractivity contribution in [3.8, 4) is 5.75 Å². The van der Waals surface area contributed by atoms with E-state index in [1.54, 1.807) is 46.1 Å². The summed E-state index contributed by atoms with van der Waals surface area (Å²) in [6, 6.07) is 10.2. The fourth-order valence-electron chi connectivity index (χ4n) is 4.50. The SMILES string of the molecule is COc1ccc(Br)cc1[C@@H]1C(C(=O)OC(C)C)=C(C)N=c2s/c(=C\c3ccc(Sc4nc(C)cc(C)n4)o3)c(=O)n21. The normalized spacial score (nSPS) is 15.2. The fourth-order valence-corrected chi connectivity index (χ4v) is 6.74. The van der Waals surface area contributed by atoms with Crippen molar-refractivity contribution in [2.45, 2.75) is 57.0 Å². The van der Waals surface area contributed by atoms with Crippen molar-refractivity contribution in [2.24, 2.45) is 4.99 Å². The molecule has 1 aliphatic rings. The van der Waals surface area contributed by atoms with Gasteiger partial charge in [-0.15, -0.1) is 0 Å². The van der Waals surface area contributed by atoms with Gasteiger partial charge in [0.05, 0.1) is 29.0 Å². The number of benzene rings is 1. The van der Waals surface area contributed by atoms with Crippen LogP contribution in [0.5, 0.6) is 5.75 Å². The molecule has 1 aliphatic heterocycles. The van der Waals surface area contributed by atoms with E-state index in [1.807, 2.05) is 38.1 Å². The van der Waals surface area contributed by atoms with E-state index in [-0.39, 0.29) is 17.2 Å².